The van der Waals surface area contributed by atoms with Gasteiger partial charge in [0.1, 0.15) is 0 Å². The van der Waals surface area contributed by atoms with E-state index in [0.29, 0.717) is 0 Å². The van der Waals surface area contributed by atoms with Crippen molar-refractivity contribution in [3.63, 3.8) is 0 Å². The lowest BCUT2D eigenvalue weighted by Gasteiger charge is -1.94. The van der Waals surface area contributed by atoms with E-state index in [9.17, 15) is 4.39 Å². The Morgan fingerprint density at radius 1 is 1.67 bits per heavy atom. The molecule has 0 saturated heterocycles. The van der Waals surface area contributed by atoms with E-state index in [4.69, 9.17) is 17.3 Å². The molecule has 0 atom stereocenters. The van der Waals surface area contributed by atoms with Gasteiger partial charge in [0, 0.05) is 6.07 Å². The summed E-state index contributed by atoms with van der Waals surface area (Å²) in [5, 5.41) is -0.0579. The maximum Gasteiger partial charge on any atom is 0.151 e. The lowest BCUT2D eigenvalue weighted by molar-refractivity contribution is 0.626. The molecule has 0 amide bonds. The van der Waals surface area contributed by atoms with Gasteiger partial charge < -0.3 is 5.73 Å². The van der Waals surface area contributed by atoms with Crippen LogP contribution in [0.5, 0.6) is 0 Å². The Kier molecular flexibility index (Phi) is 1.58. The van der Waals surface area contributed by atoms with Crippen molar-refractivity contribution >= 4 is 17.3 Å². The summed E-state index contributed by atoms with van der Waals surface area (Å²) in [6.07, 6.45) is 0. The fourth-order valence-corrected chi connectivity index (χ4v) is 0.585. The Morgan fingerprint density at radius 3 is 2.78 bits per heavy atom. The molecule has 0 spiro atoms. The summed E-state index contributed by atoms with van der Waals surface area (Å²) in [6.45, 7) is 0. The predicted octanol–water partition coefficient (Wildman–Crippen LogP) is 1.86. The zero-order valence-corrected chi connectivity index (χ0v) is 5.24. The lowest BCUT2D eigenvalue weighted by atomic mass is 10.3. The van der Waals surface area contributed by atoms with E-state index in [1.54, 1.807) is 0 Å². The molecule has 1 aromatic rings. The number of halogens is 2. The highest BCUT2D eigenvalue weighted by atomic mass is 35.5. The first-order chi connectivity index (χ1) is 4.22. The van der Waals surface area contributed by atoms with Crippen molar-refractivity contribution in [1.29, 1.82) is 0 Å². The Bertz CT molecular complexity index is 204. The highest BCUT2D eigenvalue weighted by Crippen LogP contribution is 2.20. The first-order valence-electron chi connectivity index (χ1n) is 2.33. The van der Waals surface area contributed by atoms with Crippen LogP contribution in [0.15, 0.2) is 12.1 Å². The lowest BCUT2D eigenvalue weighted by Crippen LogP contribution is -1.87. The fourth-order valence-electron chi connectivity index (χ4n) is 0.468. The average molecular weight is 145 g/mol. The van der Waals surface area contributed by atoms with Crippen LogP contribution in [0.3, 0.4) is 0 Å². The molecule has 1 rings (SSSR count). The minimum Gasteiger partial charge on any atom is -0.397 e. The van der Waals surface area contributed by atoms with E-state index in [2.05, 4.69) is 6.07 Å². The van der Waals surface area contributed by atoms with Gasteiger partial charge in [-0.25, -0.2) is 4.39 Å². The van der Waals surface area contributed by atoms with Crippen LogP contribution in [0, 0.1) is 11.9 Å². The zero-order valence-electron chi connectivity index (χ0n) is 4.49. The molecule has 3 heteroatoms. The van der Waals surface area contributed by atoms with Gasteiger partial charge in [-0.1, -0.05) is 11.6 Å². The van der Waals surface area contributed by atoms with E-state index in [-0.39, 0.29) is 10.7 Å². The van der Waals surface area contributed by atoms with Gasteiger partial charge in [-0.15, -0.1) is 0 Å². The van der Waals surface area contributed by atoms with Gasteiger partial charge in [-0.3, -0.25) is 0 Å². The second kappa shape index (κ2) is 2.23. The Hall–Kier alpha value is -0.760. The van der Waals surface area contributed by atoms with Crippen LogP contribution in [-0.2, 0) is 0 Å². The molecule has 0 aliphatic carbocycles. The topological polar surface area (TPSA) is 26.0 Å². The second-order valence-corrected chi connectivity index (χ2v) is 1.94. The zero-order chi connectivity index (χ0) is 6.85. The van der Waals surface area contributed by atoms with E-state index < -0.39 is 5.82 Å². The molecule has 0 aromatic heterocycles. The highest BCUT2D eigenvalue weighted by Gasteiger charge is 1.99. The molecule has 0 unspecified atom stereocenters. The number of anilines is 1. The molecule has 1 radical (unpaired) electrons. The molecular formula is C6H4ClFN. The summed E-state index contributed by atoms with van der Waals surface area (Å²) in [7, 11) is 0. The Labute approximate surface area is 57.2 Å². The predicted molar refractivity (Wildman–Crippen MR) is 34.7 cm³/mol. The largest absolute Gasteiger partial charge is 0.397 e. The maximum absolute atomic E-state index is 12.3. The van der Waals surface area contributed by atoms with E-state index in [1.807, 2.05) is 0 Å². The molecular weight excluding hydrogens is 141 g/mol. The molecule has 9 heavy (non-hydrogen) atoms. The van der Waals surface area contributed by atoms with Crippen molar-refractivity contribution in [2.75, 3.05) is 5.73 Å². The van der Waals surface area contributed by atoms with Crippen LogP contribution in [0.2, 0.25) is 5.02 Å². The van der Waals surface area contributed by atoms with Crippen LogP contribution < -0.4 is 5.73 Å². The fraction of sp³-hybridized carbons (Fsp3) is 0. The van der Waals surface area contributed by atoms with Crippen LogP contribution in [0.4, 0.5) is 10.1 Å². The molecule has 0 aliphatic heterocycles. The van der Waals surface area contributed by atoms with Crippen molar-refractivity contribution < 1.29 is 4.39 Å². The SMILES string of the molecule is Nc1cc[c]c(F)c1Cl. The molecule has 0 fully saturated rings. The van der Waals surface area contributed by atoms with Crippen molar-refractivity contribution in [1.82, 2.24) is 0 Å². The first-order valence-corrected chi connectivity index (χ1v) is 2.71. The number of rotatable bonds is 0. The van der Waals surface area contributed by atoms with Gasteiger partial charge in [0.15, 0.2) is 5.82 Å². The van der Waals surface area contributed by atoms with Gasteiger partial charge in [0.2, 0.25) is 0 Å². The number of nitrogens with two attached hydrogens (primary N) is 1. The summed E-state index contributed by atoms with van der Waals surface area (Å²) < 4.78 is 12.3. The molecule has 1 aromatic carbocycles. The van der Waals surface area contributed by atoms with E-state index in [1.165, 1.54) is 12.1 Å². The van der Waals surface area contributed by atoms with Gasteiger partial charge in [-0.2, -0.15) is 0 Å². The maximum atomic E-state index is 12.3. The number of hydrogen-bond donors (Lipinski definition) is 1. The quantitative estimate of drug-likeness (QED) is 0.553. The minimum absolute atomic E-state index is 0.0579. The highest BCUT2D eigenvalue weighted by molar-refractivity contribution is 6.33. The smallest absolute Gasteiger partial charge is 0.151 e. The number of nitrogen functional groups attached to an aromatic ring is 1. The van der Waals surface area contributed by atoms with Crippen molar-refractivity contribution in [2.45, 2.75) is 0 Å². The van der Waals surface area contributed by atoms with Crippen LogP contribution in [-0.4, -0.2) is 0 Å². The summed E-state index contributed by atoms with van der Waals surface area (Å²) in [4.78, 5) is 0. The average Bonchev–Trinajstić information content (AvgIpc) is 1.83. The molecule has 47 valence electrons. The normalized spacial score (nSPS) is 9.56. The van der Waals surface area contributed by atoms with Crippen molar-refractivity contribution in [3.05, 3.63) is 29.0 Å². The van der Waals surface area contributed by atoms with Crippen LogP contribution in [0.25, 0.3) is 0 Å². The Morgan fingerprint density at radius 2 is 2.33 bits per heavy atom. The molecule has 0 aliphatic rings. The number of benzene rings is 1. The molecule has 0 saturated carbocycles. The first kappa shape index (κ1) is 6.36. The van der Waals surface area contributed by atoms with Crippen LogP contribution in [0.1, 0.15) is 0 Å². The molecule has 2 N–H and O–H groups in total. The third-order valence-electron chi connectivity index (χ3n) is 0.919. The second-order valence-electron chi connectivity index (χ2n) is 1.56. The van der Waals surface area contributed by atoms with E-state index >= 15 is 0 Å². The summed E-state index contributed by atoms with van der Waals surface area (Å²) >= 11 is 5.35. The monoisotopic (exact) mass is 144 g/mol. The third kappa shape index (κ3) is 1.13. The minimum atomic E-state index is -0.600. The van der Waals surface area contributed by atoms with Crippen molar-refractivity contribution in [2.24, 2.45) is 0 Å². The van der Waals surface area contributed by atoms with Gasteiger partial charge >= 0.3 is 0 Å². The summed E-state index contributed by atoms with van der Waals surface area (Å²) in [6, 6.07) is 5.14. The van der Waals surface area contributed by atoms with E-state index in [0.717, 1.165) is 0 Å². The molecule has 0 bridgehead atoms. The Balaban J connectivity index is 3.25. The van der Waals surface area contributed by atoms with Gasteiger partial charge in [0.05, 0.1) is 10.7 Å². The van der Waals surface area contributed by atoms with Gasteiger partial charge in [0.25, 0.3) is 0 Å². The standard InChI is InChI=1S/C6H4ClFN/c7-6-4(8)2-1-3-5(6)9/h1,3H,9H2. The third-order valence-corrected chi connectivity index (χ3v) is 1.30. The number of hydrogen-bond acceptors (Lipinski definition) is 1. The van der Waals surface area contributed by atoms with Gasteiger partial charge in [-0.05, 0) is 12.1 Å². The van der Waals surface area contributed by atoms with Crippen LogP contribution >= 0.6 is 11.6 Å². The summed E-state index contributed by atoms with van der Waals surface area (Å²) in [5.41, 5.74) is 5.47. The summed E-state index contributed by atoms with van der Waals surface area (Å²) in [5.74, 6) is -0.600. The van der Waals surface area contributed by atoms with Crippen molar-refractivity contribution in [3.8, 4) is 0 Å². The molecule has 1 nitrogen and oxygen atoms in total. The molecule has 0 heterocycles.